The molecule has 7 nitrogen and oxygen atoms in total. The molecule has 3 aromatic rings. The van der Waals surface area contributed by atoms with Crippen LogP contribution in [0.25, 0.3) is 11.0 Å². The van der Waals surface area contributed by atoms with Crippen molar-refractivity contribution in [1.29, 1.82) is 0 Å². The van der Waals surface area contributed by atoms with Gasteiger partial charge < -0.3 is 4.90 Å². The van der Waals surface area contributed by atoms with Gasteiger partial charge in [-0.1, -0.05) is 0 Å². The maximum atomic E-state index is 4.51. The predicted octanol–water partition coefficient (Wildman–Crippen LogP) is 1.23. The minimum Gasteiger partial charge on any atom is -0.351 e. The lowest BCUT2D eigenvalue weighted by molar-refractivity contribution is 0.508. The summed E-state index contributed by atoms with van der Waals surface area (Å²) in [7, 11) is 1.91. The van der Waals surface area contributed by atoms with E-state index in [1.54, 1.807) is 11.0 Å². The van der Waals surface area contributed by atoms with E-state index in [1.807, 2.05) is 36.4 Å². The molecule has 108 valence electrons. The number of hydrogen-bond acceptors (Lipinski definition) is 5. The van der Waals surface area contributed by atoms with Gasteiger partial charge in [0.25, 0.3) is 0 Å². The number of rotatable bonds is 3. The van der Waals surface area contributed by atoms with Crippen LogP contribution in [-0.4, -0.2) is 42.1 Å². The molecule has 1 atom stereocenters. The zero-order valence-corrected chi connectivity index (χ0v) is 11.9. The van der Waals surface area contributed by atoms with Gasteiger partial charge in [-0.15, -0.1) is 0 Å². The van der Waals surface area contributed by atoms with Crippen LogP contribution >= 0.6 is 0 Å². The quantitative estimate of drug-likeness (QED) is 0.723. The second-order valence-electron chi connectivity index (χ2n) is 5.42. The second-order valence-corrected chi connectivity index (χ2v) is 5.42. The average Bonchev–Trinajstić information content (AvgIpc) is 3.22. The van der Waals surface area contributed by atoms with Gasteiger partial charge in [0, 0.05) is 26.0 Å². The fraction of sp³-hybridized carbons (Fsp3) is 0.429. The molecule has 1 fully saturated rings. The molecular formula is C14H17N7. The van der Waals surface area contributed by atoms with Gasteiger partial charge >= 0.3 is 0 Å². The van der Waals surface area contributed by atoms with Gasteiger partial charge in [0.15, 0.2) is 5.65 Å². The zero-order chi connectivity index (χ0) is 14.2. The average molecular weight is 283 g/mol. The Morgan fingerprint density at radius 1 is 1.29 bits per heavy atom. The lowest BCUT2D eigenvalue weighted by atomic mass is 10.2. The fourth-order valence-electron chi connectivity index (χ4n) is 3.11. The van der Waals surface area contributed by atoms with E-state index in [0.717, 1.165) is 36.4 Å². The third kappa shape index (κ3) is 2.05. The SMILES string of the molecule is Cn1ncc2c(N3CCC[C@@H]3Cn3cccn3)ncnc21. The van der Waals surface area contributed by atoms with Crippen LogP contribution in [0.3, 0.4) is 0 Å². The third-order valence-corrected chi connectivity index (χ3v) is 4.11. The van der Waals surface area contributed by atoms with E-state index in [9.17, 15) is 0 Å². The molecule has 0 amide bonds. The van der Waals surface area contributed by atoms with Crippen molar-refractivity contribution in [2.75, 3.05) is 11.4 Å². The molecule has 4 heterocycles. The van der Waals surface area contributed by atoms with Crippen molar-refractivity contribution in [3.8, 4) is 0 Å². The Morgan fingerprint density at radius 3 is 3.10 bits per heavy atom. The van der Waals surface area contributed by atoms with E-state index in [4.69, 9.17) is 0 Å². The molecule has 0 saturated carbocycles. The van der Waals surface area contributed by atoms with Crippen LogP contribution < -0.4 is 4.90 Å². The second kappa shape index (κ2) is 4.83. The van der Waals surface area contributed by atoms with Gasteiger partial charge in [0.2, 0.25) is 0 Å². The summed E-state index contributed by atoms with van der Waals surface area (Å²) in [4.78, 5) is 11.2. The molecule has 1 saturated heterocycles. The van der Waals surface area contributed by atoms with Crippen LogP contribution in [0.1, 0.15) is 12.8 Å². The van der Waals surface area contributed by atoms with Crippen LogP contribution in [-0.2, 0) is 13.6 Å². The van der Waals surface area contributed by atoms with E-state index in [2.05, 4.69) is 25.1 Å². The highest BCUT2D eigenvalue weighted by molar-refractivity contribution is 5.86. The molecule has 7 heteroatoms. The smallest absolute Gasteiger partial charge is 0.163 e. The van der Waals surface area contributed by atoms with Gasteiger partial charge in [-0.25, -0.2) is 9.97 Å². The summed E-state index contributed by atoms with van der Waals surface area (Å²) >= 11 is 0. The van der Waals surface area contributed by atoms with E-state index in [0.29, 0.717) is 6.04 Å². The minimum atomic E-state index is 0.420. The largest absolute Gasteiger partial charge is 0.351 e. The number of aryl methyl sites for hydroxylation is 1. The Hall–Kier alpha value is -2.44. The third-order valence-electron chi connectivity index (χ3n) is 4.11. The molecule has 0 N–H and O–H groups in total. The summed E-state index contributed by atoms with van der Waals surface area (Å²) in [5.41, 5.74) is 0.879. The Bertz CT molecular complexity index is 746. The zero-order valence-electron chi connectivity index (χ0n) is 11.9. The molecule has 0 unspecified atom stereocenters. The number of fused-ring (bicyclic) bond motifs is 1. The van der Waals surface area contributed by atoms with Crippen LogP contribution in [0.2, 0.25) is 0 Å². The Kier molecular flexibility index (Phi) is 2.83. The van der Waals surface area contributed by atoms with Crippen LogP contribution in [0.15, 0.2) is 31.0 Å². The first-order valence-corrected chi connectivity index (χ1v) is 7.20. The maximum Gasteiger partial charge on any atom is 0.163 e. The van der Waals surface area contributed by atoms with Crippen LogP contribution in [0.5, 0.6) is 0 Å². The van der Waals surface area contributed by atoms with Gasteiger partial charge in [-0.2, -0.15) is 10.2 Å². The molecule has 0 aromatic carbocycles. The van der Waals surface area contributed by atoms with E-state index in [-0.39, 0.29) is 0 Å². The summed E-state index contributed by atoms with van der Waals surface area (Å²) in [6.45, 7) is 1.91. The Morgan fingerprint density at radius 2 is 2.24 bits per heavy atom. The van der Waals surface area contributed by atoms with Crippen molar-refractivity contribution >= 4 is 16.9 Å². The molecule has 0 aliphatic carbocycles. The van der Waals surface area contributed by atoms with Crippen molar-refractivity contribution in [3.63, 3.8) is 0 Å². The van der Waals surface area contributed by atoms with Crippen molar-refractivity contribution in [2.24, 2.45) is 7.05 Å². The standard InChI is InChI=1S/C14H17N7/c1-19-13-12(8-18-19)14(16-10-15-13)21-7-2-4-11(21)9-20-6-3-5-17-20/h3,5-6,8,10-11H,2,4,7,9H2,1H3/t11-/m1/s1. The molecule has 0 radical (unpaired) electrons. The molecule has 0 spiro atoms. The highest BCUT2D eigenvalue weighted by Crippen LogP contribution is 2.29. The van der Waals surface area contributed by atoms with E-state index >= 15 is 0 Å². The summed E-state index contributed by atoms with van der Waals surface area (Å²) in [6, 6.07) is 2.38. The van der Waals surface area contributed by atoms with Gasteiger partial charge in [-0.05, 0) is 18.9 Å². The maximum absolute atomic E-state index is 4.51. The first kappa shape index (κ1) is 12.3. The molecule has 21 heavy (non-hydrogen) atoms. The van der Waals surface area contributed by atoms with Crippen LogP contribution in [0, 0.1) is 0 Å². The van der Waals surface area contributed by atoms with Gasteiger partial charge in [0.1, 0.15) is 12.1 Å². The summed E-state index contributed by atoms with van der Waals surface area (Å²) in [6.07, 6.45) is 9.65. The molecule has 4 rings (SSSR count). The number of nitrogens with zero attached hydrogens (tertiary/aromatic N) is 7. The molecule has 0 bridgehead atoms. The monoisotopic (exact) mass is 283 g/mol. The summed E-state index contributed by atoms with van der Waals surface area (Å²) in [5, 5.41) is 9.63. The number of aromatic nitrogens is 6. The minimum absolute atomic E-state index is 0.420. The highest BCUT2D eigenvalue weighted by atomic mass is 15.3. The number of hydrogen-bond donors (Lipinski definition) is 0. The Labute approximate surface area is 122 Å². The van der Waals surface area contributed by atoms with Crippen LogP contribution in [0.4, 0.5) is 5.82 Å². The molecule has 1 aliphatic heterocycles. The predicted molar refractivity (Wildman–Crippen MR) is 78.9 cm³/mol. The summed E-state index contributed by atoms with van der Waals surface area (Å²) in [5.74, 6) is 0.989. The van der Waals surface area contributed by atoms with Crippen molar-refractivity contribution in [3.05, 3.63) is 31.0 Å². The van der Waals surface area contributed by atoms with Gasteiger partial charge in [-0.3, -0.25) is 9.36 Å². The molecular weight excluding hydrogens is 266 g/mol. The highest BCUT2D eigenvalue weighted by Gasteiger charge is 2.28. The normalized spacial score (nSPS) is 18.7. The van der Waals surface area contributed by atoms with E-state index in [1.165, 1.54) is 6.42 Å². The van der Waals surface area contributed by atoms with Crippen molar-refractivity contribution in [1.82, 2.24) is 29.5 Å². The Balaban J connectivity index is 1.70. The van der Waals surface area contributed by atoms with Crippen molar-refractivity contribution in [2.45, 2.75) is 25.4 Å². The van der Waals surface area contributed by atoms with Gasteiger partial charge in [0.05, 0.1) is 24.2 Å². The first-order valence-electron chi connectivity index (χ1n) is 7.20. The lowest BCUT2D eigenvalue weighted by Gasteiger charge is -2.26. The molecule has 1 aliphatic rings. The van der Waals surface area contributed by atoms with Crippen molar-refractivity contribution < 1.29 is 0 Å². The molecule has 3 aromatic heterocycles. The van der Waals surface area contributed by atoms with E-state index < -0.39 is 0 Å². The lowest BCUT2D eigenvalue weighted by Crippen LogP contribution is -2.33. The summed E-state index contributed by atoms with van der Waals surface area (Å²) < 4.78 is 3.78. The topological polar surface area (TPSA) is 64.7 Å². The number of anilines is 1. The first-order chi connectivity index (χ1) is 10.3. The fourth-order valence-corrected chi connectivity index (χ4v) is 3.11.